The minimum Gasteiger partial charge on any atom is -0.479 e. The van der Waals surface area contributed by atoms with E-state index in [4.69, 9.17) is 16.7 Å². The quantitative estimate of drug-likeness (QED) is 0.848. The molecule has 0 radical (unpaired) electrons. The van der Waals surface area contributed by atoms with Gasteiger partial charge in [0, 0.05) is 6.42 Å². The summed E-state index contributed by atoms with van der Waals surface area (Å²) in [5.41, 5.74) is 0.150. The lowest BCUT2D eigenvalue weighted by molar-refractivity contribution is -0.142. The number of carbonyl (C=O) groups excluding carboxylic acids is 1. The van der Waals surface area contributed by atoms with Gasteiger partial charge in [-0.2, -0.15) is 0 Å². The highest BCUT2D eigenvalue weighted by Crippen LogP contribution is 2.21. The first-order valence-electron chi connectivity index (χ1n) is 6.28. The van der Waals surface area contributed by atoms with E-state index in [1.165, 1.54) is 12.1 Å². The number of carboxylic acid groups (broad SMARTS) is 1. The molecule has 1 atom stereocenters. The van der Waals surface area contributed by atoms with Gasteiger partial charge in [-0.05, 0) is 30.0 Å². The fourth-order valence-electron chi connectivity index (χ4n) is 1.63. The molecule has 0 saturated heterocycles. The molecule has 20 heavy (non-hydrogen) atoms. The third kappa shape index (κ3) is 4.81. The van der Waals surface area contributed by atoms with Gasteiger partial charge < -0.3 is 10.4 Å². The summed E-state index contributed by atoms with van der Waals surface area (Å²) < 4.78 is 13.4. The molecule has 0 bridgehead atoms. The van der Waals surface area contributed by atoms with E-state index in [9.17, 15) is 14.0 Å². The van der Waals surface area contributed by atoms with Gasteiger partial charge in [-0.1, -0.05) is 31.5 Å². The van der Waals surface area contributed by atoms with Gasteiger partial charge in [0.15, 0.2) is 6.04 Å². The van der Waals surface area contributed by atoms with Crippen molar-refractivity contribution in [2.24, 2.45) is 5.92 Å². The SMILES string of the molecule is CC(C)CCC(=O)NC(C(=O)O)c1ccc(Cl)c(F)c1. The number of rotatable bonds is 6. The van der Waals surface area contributed by atoms with Crippen LogP contribution in [0.4, 0.5) is 4.39 Å². The van der Waals surface area contributed by atoms with Crippen molar-refractivity contribution >= 4 is 23.5 Å². The van der Waals surface area contributed by atoms with Crippen molar-refractivity contribution in [1.29, 1.82) is 0 Å². The van der Waals surface area contributed by atoms with E-state index in [2.05, 4.69) is 5.32 Å². The van der Waals surface area contributed by atoms with E-state index in [0.29, 0.717) is 12.3 Å². The number of carbonyl (C=O) groups is 2. The van der Waals surface area contributed by atoms with E-state index in [1.807, 2.05) is 13.8 Å². The van der Waals surface area contributed by atoms with E-state index < -0.39 is 17.8 Å². The molecule has 0 aromatic heterocycles. The third-order valence-electron chi connectivity index (χ3n) is 2.78. The van der Waals surface area contributed by atoms with Gasteiger partial charge in [0.2, 0.25) is 5.91 Å². The van der Waals surface area contributed by atoms with Gasteiger partial charge in [0.25, 0.3) is 0 Å². The molecule has 110 valence electrons. The summed E-state index contributed by atoms with van der Waals surface area (Å²) in [4.78, 5) is 22.9. The molecular formula is C14H17ClFNO3. The van der Waals surface area contributed by atoms with Crippen LogP contribution >= 0.6 is 11.6 Å². The first-order chi connectivity index (χ1) is 9.31. The van der Waals surface area contributed by atoms with Crippen molar-refractivity contribution in [3.63, 3.8) is 0 Å². The van der Waals surface area contributed by atoms with Crippen molar-refractivity contribution in [3.05, 3.63) is 34.6 Å². The Hall–Kier alpha value is -1.62. The number of halogens is 2. The lowest BCUT2D eigenvalue weighted by atomic mass is 10.1. The van der Waals surface area contributed by atoms with Crippen molar-refractivity contribution in [2.45, 2.75) is 32.7 Å². The summed E-state index contributed by atoms with van der Waals surface area (Å²) in [5, 5.41) is 11.4. The molecule has 0 fully saturated rings. The highest BCUT2D eigenvalue weighted by molar-refractivity contribution is 6.30. The van der Waals surface area contributed by atoms with E-state index >= 15 is 0 Å². The van der Waals surface area contributed by atoms with Crippen LogP contribution in [0.1, 0.15) is 38.3 Å². The Morgan fingerprint density at radius 3 is 2.55 bits per heavy atom. The standard InChI is InChI=1S/C14H17ClFNO3/c1-8(2)3-6-12(18)17-13(14(19)20)9-4-5-10(15)11(16)7-9/h4-5,7-8,13H,3,6H2,1-2H3,(H,17,18)(H,19,20). The van der Waals surface area contributed by atoms with Crippen LogP contribution in [-0.2, 0) is 9.59 Å². The topological polar surface area (TPSA) is 66.4 Å². The molecular weight excluding hydrogens is 285 g/mol. The molecule has 4 nitrogen and oxygen atoms in total. The minimum absolute atomic E-state index is 0.0935. The second-order valence-electron chi connectivity index (χ2n) is 4.94. The molecule has 0 aliphatic heterocycles. The van der Waals surface area contributed by atoms with Crippen molar-refractivity contribution < 1.29 is 19.1 Å². The first kappa shape index (κ1) is 16.4. The molecule has 1 unspecified atom stereocenters. The summed E-state index contributed by atoms with van der Waals surface area (Å²) in [7, 11) is 0. The zero-order chi connectivity index (χ0) is 15.3. The Labute approximate surface area is 121 Å². The monoisotopic (exact) mass is 301 g/mol. The van der Waals surface area contributed by atoms with Gasteiger partial charge >= 0.3 is 5.97 Å². The van der Waals surface area contributed by atoms with Crippen LogP contribution in [0.15, 0.2) is 18.2 Å². The molecule has 0 saturated carbocycles. The second kappa shape index (κ2) is 7.24. The minimum atomic E-state index is -1.28. The summed E-state index contributed by atoms with van der Waals surface area (Å²) in [6.45, 7) is 3.94. The van der Waals surface area contributed by atoms with Crippen LogP contribution in [-0.4, -0.2) is 17.0 Å². The van der Waals surface area contributed by atoms with Crippen LogP contribution in [0.5, 0.6) is 0 Å². The molecule has 0 aliphatic rings. The average Bonchev–Trinajstić information content (AvgIpc) is 2.36. The first-order valence-corrected chi connectivity index (χ1v) is 6.66. The number of amides is 1. The van der Waals surface area contributed by atoms with Gasteiger partial charge in [0.1, 0.15) is 5.82 Å². The largest absolute Gasteiger partial charge is 0.479 e. The molecule has 0 aliphatic carbocycles. The Morgan fingerprint density at radius 2 is 2.05 bits per heavy atom. The maximum absolute atomic E-state index is 13.4. The normalized spacial score (nSPS) is 12.2. The summed E-state index contributed by atoms with van der Waals surface area (Å²) in [6.07, 6.45) is 0.894. The highest BCUT2D eigenvalue weighted by atomic mass is 35.5. The fraction of sp³-hybridized carbons (Fsp3) is 0.429. The van der Waals surface area contributed by atoms with Crippen molar-refractivity contribution in [1.82, 2.24) is 5.32 Å². The Bertz CT molecular complexity index is 505. The maximum atomic E-state index is 13.4. The van der Waals surface area contributed by atoms with E-state index in [1.54, 1.807) is 0 Å². The van der Waals surface area contributed by atoms with Crippen LogP contribution in [0.3, 0.4) is 0 Å². The van der Waals surface area contributed by atoms with Gasteiger partial charge in [-0.3, -0.25) is 4.79 Å². The van der Waals surface area contributed by atoms with Crippen LogP contribution in [0, 0.1) is 11.7 Å². The molecule has 1 amide bonds. The van der Waals surface area contributed by atoms with Crippen molar-refractivity contribution in [2.75, 3.05) is 0 Å². The molecule has 1 aromatic rings. The Morgan fingerprint density at radius 1 is 1.40 bits per heavy atom. The zero-order valence-corrected chi connectivity index (χ0v) is 12.1. The number of hydrogen-bond acceptors (Lipinski definition) is 2. The van der Waals surface area contributed by atoms with Crippen LogP contribution < -0.4 is 5.32 Å². The Balaban J connectivity index is 2.81. The molecule has 2 N–H and O–H groups in total. The van der Waals surface area contributed by atoms with Crippen LogP contribution in [0.25, 0.3) is 0 Å². The molecule has 6 heteroatoms. The van der Waals surface area contributed by atoms with E-state index in [-0.39, 0.29) is 22.9 Å². The van der Waals surface area contributed by atoms with Crippen LogP contribution in [0.2, 0.25) is 5.02 Å². The van der Waals surface area contributed by atoms with Crippen molar-refractivity contribution in [3.8, 4) is 0 Å². The molecule has 0 spiro atoms. The van der Waals surface area contributed by atoms with Gasteiger partial charge in [0.05, 0.1) is 5.02 Å². The molecule has 1 aromatic carbocycles. The van der Waals surface area contributed by atoms with Gasteiger partial charge in [-0.15, -0.1) is 0 Å². The number of benzene rings is 1. The third-order valence-corrected chi connectivity index (χ3v) is 3.08. The predicted molar refractivity (Wildman–Crippen MR) is 74.0 cm³/mol. The molecule has 1 rings (SSSR count). The number of hydrogen-bond donors (Lipinski definition) is 2. The zero-order valence-electron chi connectivity index (χ0n) is 11.3. The maximum Gasteiger partial charge on any atom is 0.330 e. The number of aliphatic carboxylic acids is 1. The van der Waals surface area contributed by atoms with Gasteiger partial charge in [-0.25, -0.2) is 9.18 Å². The summed E-state index contributed by atoms with van der Waals surface area (Å²) in [5.74, 6) is -1.99. The lowest BCUT2D eigenvalue weighted by Gasteiger charge is -2.15. The smallest absolute Gasteiger partial charge is 0.330 e. The second-order valence-corrected chi connectivity index (χ2v) is 5.35. The lowest BCUT2D eigenvalue weighted by Crippen LogP contribution is -2.33. The number of nitrogens with one attached hydrogen (secondary N) is 1. The van der Waals surface area contributed by atoms with E-state index in [0.717, 1.165) is 6.07 Å². The summed E-state index contributed by atoms with van der Waals surface area (Å²) >= 11 is 5.55. The predicted octanol–water partition coefficient (Wildman–Crippen LogP) is 3.16. The molecule has 0 heterocycles. The number of carboxylic acids is 1. The summed E-state index contributed by atoms with van der Waals surface area (Å²) in [6, 6.07) is 2.39. The Kier molecular flexibility index (Phi) is 5.95. The fourth-order valence-corrected chi connectivity index (χ4v) is 1.75. The average molecular weight is 302 g/mol. The highest BCUT2D eigenvalue weighted by Gasteiger charge is 2.22.